The summed E-state index contributed by atoms with van der Waals surface area (Å²) < 4.78 is 11.7. The molecule has 16 heteroatoms. The molecule has 2 rings (SSSR count). The minimum absolute atomic E-state index is 0.272. The zero-order valence-electron chi connectivity index (χ0n) is 31.8. The predicted molar refractivity (Wildman–Crippen MR) is 215 cm³/mol. The average molecular weight is 767 g/mol. The Labute approximate surface area is 318 Å². The van der Waals surface area contributed by atoms with Gasteiger partial charge in [0.2, 0.25) is 0 Å². The van der Waals surface area contributed by atoms with Crippen LogP contribution in [0.4, 0.5) is 0 Å². The van der Waals surface area contributed by atoms with E-state index in [9.17, 15) is 20.2 Å². The van der Waals surface area contributed by atoms with Gasteiger partial charge in [0.05, 0.1) is 24.6 Å². The van der Waals surface area contributed by atoms with E-state index < -0.39 is 0 Å². The Morgan fingerprint density at radius 1 is 0.615 bits per heavy atom. The normalized spacial score (nSPS) is 12.3. The molecule has 52 heavy (non-hydrogen) atoms. The summed E-state index contributed by atoms with van der Waals surface area (Å²) in [6, 6.07) is 8.02. The lowest BCUT2D eigenvalue weighted by atomic mass is 10.1. The second-order valence-electron chi connectivity index (χ2n) is 13.3. The van der Waals surface area contributed by atoms with Crippen molar-refractivity contribution in [3.63, 3.8) is 0 Å². The molecule has 0 radical (unpaired) electrons. The monoisotopic (exact) mass is 766 g/mol. The van der Waals surface area contributed by atoms with Crippen LogP contribution in [0.1, 0.15) is 87.2 Å². The zero-order chi connectivity index (χ0) is 37.8. The third-order valence-electron chi connectivity index (χ3n) is 7.75. The van der Waals surface area contributed by atoms with E-state index >= 15 is 0 Å². The fourth-order valence-corrected chi connectivity index (χ4v) is 6.80. The van der Waals surface area contributed by atoms with Crippen molar-refractivity contribution in [3.8, 4) is 0 Å². The molecule has 294 valence electrons. The number of amidine groups is 2. The van der Waals surface area contributed by atoms with E-state index in [0.717, 1.165) is 97.7 Å². The van der Waals surface area contributed by atoms with Crippen LogP contribution in [-0.4, -0.2) is 110 Å². The lowest BCUT2D eigenvalue weighted by Crippen LogP contribution is -2.32. The molecule has 14 nitrogen and oxygen atoms in total. The van der Waals surface area contributed by atoms with E-state index in [2.05, 4.69) is 30.4 Å². The van der Waals surface area contributed by atoms with Gasteiger partial charge in [-0.1, -0.05) is 51.4 Å². The third kappa shape index (κ3) is 24.2. The van der Waals surface area contributed by atoms with Gasteiger partial charge in [0.25, 0.3) is 13.1 Å². The number of thioether (sulfide) groups is 2. The van der Waals surface area contributed by atoms with Crippen LogP contribution in [0.25, 0.3) is 0 Å². The highest BCUT2D eigenvalue weighted by atomic mass is 32.2. The summed E-state index contributed by atoms with van der Waals surface area (Å²) in [6.45, 7) is 3.47. The molecule has 0 fully saturated rings. The molecule has 0 bridgehead atoms. The van der Waals surface area contributed by atoms with Crippen LogP contribution >= 0.6 is 23.5 Å². The van der Waals surface area contributed by atoms with Crippen molar-refractivity contribution < 1.29 is 18.7 Å². The van der Waals surface area contributed by atoms with Crippen LogP contribution in [0.15, 0.2) is 43.1 Å². The fourth-order valence-electron chi connectivity index (χ4n) is 5.31. The van der Waals surface area contributed by atoms with Crippen molar-refractivity contribution in [3.05, 3.63) is 67.5 Å². The van der Waals surface area contributed by atoms with E-state index in [1.165, 1.54) is 25.7 Å². The number of nitro groups is 2. The Morgan fingerprint density at radius 2 is 0.962 bits per heavy atom. The van der Waals surface area contributed by atoms with E-state index in [1.807, 2.05) is 52.5 Å². The maximum absolute atomic E-state index is 11.1. The van der Waals surface area contributed by atoms with Crippen LogP contribution in [0.5, 0.6) is 0 Å². The number of furan rings is 2. The SMILES string of the molecule is CN(C)Cc1ccc(CSCCNC(C[N+](=O)[O-])=NCCCCCCCCCCCCN=C(C[N+](=O)[O-])NCCSCc2ccc(CN(C)C)o2)o1. The van der Waals surface area contributed by atoms with E-state index in [0.29, 0.717) is 37.9 Å². The van der Waals surface area contributed by atoms with Gasteiger partial charge in [0.1, 0.15) is 23.0 Å². The Balaban J connectivity index is 1.46. The van der Waals surface area contributed by atoms with Crippen molar-refractivity contribution in [1.82, 2.24) is 20.4 Å². The molecule has 0 aliphatic carbocycles. The number of unbranched alkanes of at least 4 members (excludes halogenated alkanes) is 9. The molecule has 0 amide bonds. The summed E-state index contributed by atoms with van der Waals surface area (Å²) in [6.07, 6.45) is 11.1. The second kappa shape index (κ2) is 28.4. The molecule has 0 atom stereocenters. The van der Waals surface area contributed by atoms with Crippen LogP contribution in [0.3, 0.4) is 0 Å². The minimum atomic E-state index is -0.333. The van der Waals surface area contributed by atoms with Gasteiger partial charge in [-0.15, -0.1) is 0 Å². The lowest BCUT2D eigenvalue weighted by molar-refractivity contribution is -0.463. The van der Waals surface area contributed by atoms with Gasteiger partial charge < -0.3 is 29.3 Å². The minimum Gasteiger partial charge on any atom is -0.464 e. The number of hydrogen-bond donors (Lipinski definition) is 2. The number of nitrogens with zero attached hydrogens (tertiary/aromatic N) is 6. The third-order valence-corrected chi connectivity index (χ3v) is 9.71. The molecule has 2 aromatic rings. The Hall–Kier alpha value is -3.08. The van der Waals surface area contributed by atoms with E-state index in [1.54, 1.807) is 23.5 Å². The number of nitrogens with one attached hydrogen (secondary N) is 2. The molecule has 2 heterocycles. The summed E-state index contributed by atoms with van der Waals surface area (Å²) in [5.41, 5.74) is 0. The molecular formula is C36H62N8O6S2. The second-order valence-corrected chi connectivity index (χ2v) is 15.6. The summed E-state index contributed by atoms with van der Waals surface area (Å²) in [4.78, 5) is 34.6. The van der Waals surface area contributed by atoms with Gasteiger partial charge in [0, 0.05) is 47.5 Å². The maximum Gasteiger partial charge on any atom is 0.259 e. The van der Waals surface area contributed by atoms with Crippen molar-refractivity contribution >= 4 is 35.2 Å². The molecular weight excluding hydrogens is 705 g/mol. The van der Waals surface area contributed by atoms with Crippen LogP contribution < -0.4 is 10.6 Å². The highest BCUT2D eigenvalue weighted by Crippen LogP contribution is 2.17. The van der Waals surface area contributed by atoms with Crippen LogP contribution in [0, 0.1) is 20.2 Å². The summed E-state index contributed by atoms with van der Waals surface area (Å²) in [5.74, 6) is 7.85. The van der Waals surface area contributed by atoms with Crippen LogP contribution in [0.2, 0.25) is 0 Å². The van der Waals surface area contributed by atoms with Gasteiger partial charge in [0.15, 0.2) is 11.7 Å². The maximum atomic E-state index is 11.1. The van der Waals surface area contributed by atoms with Crippen LogP contribution in [-0.2, 0) is 24.6 Å². The topological polar surface area (TPSA) is 168 Å². The average Bonchev–Trinajstić information content (AvgIpc) is 3.71. The van der Waals surface area contributed by atoms with E-state index in [-0.39, 0.29) is 22.9 Å². The Morgan fingerprint density at radius 3 is 1.31 bits per heavy atom. The molecule has 0 saturated carbocycles. The standard InChI is InChI=1S/C36H62N8O6S2/c1-41(2)25-31-15-17-33(49-31)29-51-23-21-39-35(27-43(45)46)37-19-13-11-9-7-5-6-8-10-12-14-20-38-36(28-44(47)48)40-22-24-52-30-34-18-16-32(50-34)26-42(3)4/h15-18H,5-14,19-30H2,1-4H3,(H,37,39)(H,38,40). The molecule has 0 aliphatic heterocycles. The van der Waals surface area contributed by atoms with Crippen molar-refractivity contribution in [2.45, 2.75) is 88.8 Å². The first-order valence-corrected chi connectivity index (χ1v) is 20.8. The smallest absolute Gasteiger partial charge is 0.259 e. The summed E-state index contributed by atoms with van der Waals surface area (Å²) in [5, 5.41) is 28.5. The highest BCUT2D eigenvalue weighted by Gasteiger charge is 2.09. The van der Waals surface area contributed by atoms with Crippen molar-refractivity contribution in [2.75, 3.05) is 79.0 Å². The number of aliphatic imine (C=N–C) groups is 2. The van der Waals surface area contributed by atoms with E-state index in [4.69, 9.17) is 8.83 Å². The molecule has 2 aromatic heterocycles. The molecule has 2 N–H and O–H groups in total. The lowest BCUT2D eigenvalue weighted by Gasteiger charge is -2.07. The molecule has 0 aromatic carbocycles. The highest BCUT2D eigenvalue weighted by molar-refractivity contribution is 7.98. The Bertz CT molecular complexity index is 1220. The molecule has 0 unspecified atom stereocenters. The Kier molecular flexibility index (Phi) is 24.6. The van der Waals surface area contributed by atoms with Crippen molar-refractivity contribution in [1.29, 1.82) is 0 Å². The largest absolute Gasteiger partial charge is 0.464 e. The number of rotatable bonds is 31. The predicted octanol–water partition coefficient (Wildman–Crippen LogP) is 6.59. The first kappa shape index (κ1) is 45.1. The van der Waals surface area contributed by atoms with Gasteiger partial charge in [-0.05, 0) is 65.3 Å². The van der Waals surface area contributed by atoms with Gasteiger partial charge >= 0.3 is 0 Å². The fraction of sp³-hybridized carbons (Fsp3) is 0.722. The quantitative estimate of drug-likeness (QED) is 0.0278. The van der Waals surface area contributed by atoms with Gasteiger partial charge in [-0.3, -0.25) is 30.2 Å². The molecule has 0 saturated heterocycles. The van der Waals surface area contributed by atoms with Crippen molar-refractivity contribution in [2.24, 2.45) is 9.98 Å². The zero-order valence-corrected chi connectivity index (χ0v) is 33.4. The summed E-state index contributed by atoms with van der Waals surface area (Å²) >= 11 is 3.46. The van der Waals surface area contributed by atoms with Gasteiger partial charge in [-0.25, -0.2) is 0 Å². The number of hydrogen-bond acceptors (Lipinski definition) is 12. The van der Waals surface area contributed by atoms with Gasteiger partial charge in [-0.2, -0.15) is 23.5 Å². The summed E-state index contributed by atoms with van der Waals surface area (Å²) in [7, 11) is 8.03. The first-order valence-electron chi connectivity index (χ1n) is 18.5. The first-order chi connectivity index (χ1) is 25.1. The molecule has 0 aliphatic rings. The molecule has 0 spiro atoms.